The van der Waals surface area contributed by atoms with Crippen LogP contribution < -0.4 is 29.8 Å². The molecule has 2 atom stereocenters. The van der Waals surface area contributed by atoms with Gasteiger partial charge in [0.1, 0.15) is 23.0 Å². The summed E-state index contributed by atoms with van der Waals surface area (Å²) in [7, 11) is 4.98. The number of aromatic nitrogens is 1. The summed E-state index contributed by atoms with van der Waals surface area (Å²) >= 11 is 0. The van der Waals surface area contributed by atoms with Gasteiger partial charge < -0.3 is 38.3 Å². The highest BCUT2D eigenvalue weighted by molar-refractivity contribution is 5.94. The summed E-state index contributed by atoms with van der Waals surface area (Å²) in [6.45, 7) is 3.22. The van der Waals surface area contributed by atoms with Gasteiger partial charge in [0.15, 0.2) is 0 Å². The summed E-state index contributed by atoms with van der Waals surface area (Å²) in [4.78, 5) is 13.2. The maximum atomic E-state index is 13.2. The van der Waals surface area contributed by atoms with E-state index in [1.807, 2.05) is 66.9 Å². The van der Waals surface area contributed by atoms with Crippen LogP contribution in [0.15, 0.2) is 77.7 Å². The molecule has 0 aliphatic carbocycles. The number of piperidine rings is 1. The van der Waals surface area contributed by atoms with Crippen LogP contribution in [-0.2, 0) is 22.7 Å². The highest BCUT2D eigenvalue weighted by atomic mass is 16.5. The Balaban J connectivity index is 1.18. The van der Waals surface area contributed by atoms with Crippen molar-refractivity contribution < 1.29 is 28.4 Å². The van der Waals surface area contributed by atoms with E-state index in [0.29, 0.717) is 45.1 Å². The lowest BCUT2D eigenvalue weighted by molar-refractivity contribution is -0.00916. The minimum atomic E-state index is -0.208. The van der Waals surface area contributed by atoms with E-state index in [0.717, 1.165) is 52.1 Å². The van der Waals surface area contributed by atoms with Crippen molar-refractivity contribution in [2.24, 2.45) is 0 Å². The molecule has 3 aromatic carbocycles. The van der Waals surface area contributed by atoms with Crippen LogP contribution in [0.2, 0.25) is 0 Å². The molecule has 1 aliphatic rings. The number of hydrogen-bond donors (Lipinski definition) is 1. The fraction of sp³-hybridized carbons (Fsp3) is 0.382. The van der Waals surface area contributed by atoms with Crippen LogP contribution in [0.5, 0.6) is 23.0 Å². The third-order valence-corrected chi connectivity index (χ3v) is 7.73. The van der Waals surface area contributed by atoms with Gasteiger partial charge in [-0.25, -0.2) is 0 Å². The normalized spacial score (nSPS) is 16.6. The number of para-hydroxylation sites is 1. The Morgan fingerprint density at radius 2 is 1.63 bits per heavy atom. The number of rotatable bonds is 14. The summed E-state index contributed by atoms with van der Waals surface area (Å²) in [6.07, 6.45) is 3.07. The molecule has 228 valence electrons. The van der Waals surface area contributed by atoms with Gasteiger partial charge in [0.05, 0.1) is 59.9 Å². The lowest BCUT2D eigenvalue weighted by Gasteiger charge is -2.33. The number of nitrogens with one attached hydrogen (secondary N) is 1. The van der Waals surface area contributed by atoms with Crippen molar-refractivity contribution in [3.63, 3.8) is 0 Å². The Morgan fingerprint density at radius 3 is 2.42 bits per heavy atom. The molecule has 0 bridgehead atoms. The number of fused-ring (bicyclic) bond motifs is 1. The topological polar surface area (TPSA) is 89.4 Å². The molecule has 1 saturated heterocycles. The molecule has 5 rings (SSSR count). The maximum Gasteiger partial charge on any atom is 0.254 e. The lowest BCUT2D eigenvalue weighted by Crippen LogP contribution is -2.45. The van der Waals surface area contributed by atoms with Crippen molar-refractivity contribution >= 4 is 10.8 Å². The largest absolute Gasteiger partial charge is 0.496 e. The SMILES string of the molecule is COc1ccccc1COCCCOc1ccn([C@H]2CCNC[C@H]2OCc2cc(OC)c3ccccc3c2OC)c(=O)c1. The molecule has 4 aromatic rings. The molecule has 0 spiro atoms. The summed E-state index contributed by atoms with van der Waals surface area (Å²) in [5, 5.41) is 5.36. The van der Waals surface area contributed by atoms with Gasteiger partial charge in [-0.3, -0.25) is 4.79 Å². The lowest BCUT2D eigenvalue weighted by atomic mass is 10.0. The first-order chi connectivity index (χ1) is 21.1. The number of benzene rings is 3. The van der Waals surface area contributed by atoms with E-state index in [2.05, 4.69) is 5.32 Å². The smallest absolute Gasteiger partial charge is 0.254 e. The summed E-state index contributed by atoms with van der Waals surface area (Å²) in [5.41, 5.74) is 1.78. The van der Waals surface area contributed by atoms with Crippen LogP contribution >= 0.6 is 0 Å². The second-order valence-corrected chi connectivity index (χ2v) is 10.4. The van der Waals surface area contributed by atoms with E-state index >= 15 is 0 Å². The van der Waals surface area contributed by atoms with Crippen LogP contribution in [0.1, 0.15) is 30.0 Å². The fourth-order valence-corrected chi connectivity index (χ4v) is 5.58. The Labute approximate surface area is 252 Å². The van der Waals surface area contributed by atoms with Crippen LogP contribution in [-0.4, -0.2) is 58.3 Å². The Morgan fingerprint density at radius 1 is 0.837 bits per heavy atom. The molecule has 1 aliphatic heterocycles. The van der Waals surface area contributed by atoms with E-state index in [9.17, 15) is 4.79 Å². The molecule has 1 aromatic heterocycles. The molecule has 0 radical (unpaired) electrons. The average molecular weight is 589 g/mol. The number of nitrogens with zero attached hydrogens (tertiary/aromatic N) is 1. The van der Waals surface area contributed by atoms with E-state index in [1.165, 1.54) is 0 Å². The third-order valence-electron chi connectivity index (χ3n) is 7.73. The molecule has 1 fully saturated rings. The number of pyridine rings is 1. The van der Waals surface area contributed by atoms with Gasteiger partial charge >= 0.3 is 0 Å². The predicted molar refractivity (Wildman–Crippen MR) is 166 cm³/mol. The molecule has 1 N–H and O–H groups in total. The molecule has 2 heterocycles. The minimum Gasteiger partial charge on any atom is -0.496 e. The van der Waals surface area contributed by atoms with Crippen LogP contribution in [0.25, 0.3) is 10.8 Å². The Kier molecular flexibility index (Phi) is 10.5. The zero-order valence-corrected chi connectivity index (χ0v) is 25.0. The molecule has 0 amide bonds. The molecular formula is C34H40N2O7. The predicted octanol–water partition coefficient (Wildman–Crippen LogP) is 5.13. The van der Waals surface area contributed by atoms with E-state index < -0.39 is 0 Å². The summed E-state index contributed by atoms with van der Waals surface area (Å²) in [5.74, 6) is 2.89. The Hall–Kier alpha value is -4.05. The highest BCUT2D eigenvalue weighted by Gasteiger charge is 2.28. The molecular weight excluding hydrogens is 548 g/mol. The first kappa shape index (κ1) is 30.4. The van der Waals surface area contributed by atoms with Gasteiger partial charge in [0.2, 0.25) is 0 Å². The van der Waals surface area contributed by atoms with E-state index in [1.54, 1.807) is 32.0 Å². The fourth-order valence-electron chi connectivity index (χ4n) is 5.58. The quantitative estimate of drug-likeness (QED) is 0.203. The summed E-state index contributed by atoms with van der Waals surface area (Å²) < 4.78 is 36.6. The minimum absolute atomic E-state index is 0.112. The second kappa shape index (κ2) is 14.9. The first-order valence-electron chi connectivity index (χ1n) is 14.6. The van der Waals surface area contributed by atoms with Crippen LogP contribution in [0, 0.1) is 0 Å². The number of ether oxygens (including phenoxy) is 6. The molecule has 43 heavy (non-hydrogen) atoms. The van der Waals surface area contributed by atoms with Crippen LogP contribution in [0.4, 0.5) is 0 Å². The average Bonchev–Trinajstić information content (AvgIpc) is 3.05. The summed E-state index contributed by atoms with van der Waals surface area (Å²) in [6, 6.07) is 21.0. The van der Waals surface area contributed by atoms with Crippen molar-refractivity contribution in [2.45, 2.75) is 38.2 Å². The third kappa shape index (κ3) is 7.30. The van der Waals surface area contributed by atoms with Gasteiger partial charge in [-0.2, -0.15) is 0 Å². The van der Waals surface area contributed by atoms with E-state index in [-0.39, 0.29) is 17.7 Å². The van der Waals surface area contributed by atoms with Crippen molar-refractivity contribution in [3.8, 4) is 23.0 Å². The van der Waals surface area contributed by atoms with Crippen LogP contribution in [0.3, 0.4) is 0 Å². The monoisotopic (exact) mass is 588 g/mol. The number of methoxy groups -OCH3 is 3. The van der Waals surface area contributed by atoms with Crippen molar-refractivity contribution in [1.82, 2.24) is 9.88 Å². The van der Waals surface area contributed by atoms with E-state index in [4.69, 9.17) is 28.4 Å². The van der Waals surface area contributed by atoms with Crippen molar-refractivity contribution in [2.75, 3.05) is 47.6 Å². The zero-order valence-electron chi connectivity index (χ0n) is 25.0. The molecule has 0 saturated carbocycles. The standard InChI is InChI=1S/C34H40N2O7/c1-38-30-12-7-4-9-24(30)22-41-17-8-18-42-26-14-16-36(33(37)20-26)29-13-15-35-21-32(29)43-23-25-19-31(39-2)27-10-5-6-11-28(27)34(25)40-3/h4-7,9-12,14,16,19-20,29,32,35H,8,13,15,17-18,21-23H2,1-3H3/t29-,32+/m0/s1. The number of hydrogen-bond acceptors (Lipinski definition) is 8. The molecule has 9 heteroatoms. The van der Waals surface area contributed by atoms with Gasteiger partial charge in [-0.15, -0.1) is 0 Å². The van der Waals surface area contributed by atoms with Gasteiger partial charge in [0, 0.05) is 47.1 Å². The Bertz CT molecular complexity index is 1550. The van der Waals surface area contributed by atoms with Crippen molar-refractivity contribution in [3.05, 3.63) is 94.4 Å². The van der Waals surface area contributed by atoms with Crippen molar-refractivity contribution in [1.29, 1.82) is 0 Å². The van der Waals surface area contributed by atoms with Gasteiger partial charge in [-0.1, -0.05) is 42.5 Å². The molecule has 9 nitrogen and oxygen atoms in total. The first-order valence-corrected chi connectivity index (χ1v) is 14.6. The van der Waals surface area contributed by atoms with Gasteiger partial charge in [-0.05, 0) is 31.2 Å². The highest BCUT2D eigenvalue weighted by Crippen LogP contribution is 2.37. The zero-order chi connectivity index (χ0) is 30.0. The second-order valence-electron chi connectivity index (χ2n) is 10.4. The van der Waals surface area contributed by atoms with Gasteiger partial charge in [0.25, 0.3) is 5.56 Å². The maximum absolute atomic E-state index is 13.2. The molecule has 0 unspecified atom stereocenters.